The van der Waals surface area contributed by atoms with Crippen LogP contribution in [0.4, 0.5) is 5.69 Å². The molecule has 0 aromatic heterocycles. The molecule has 126 valence electrons. The van der Waals surface area contributed by atoms with E-state index in [4.69, 9.17) is 0 Å². The molecular formula is C18H20N2O3S. The second-order valence-electron chi connectivity index (χ2n) is 6.58. The number of carbonyl (C=O) groups excluding carboxylic acids is 1. The largest absolute Gasteiger partial charge is 0.338 e. The molecule has 2 heterocycles. The van der Waals surface area contributed by atoms with Crippen molar-refractivity contribution < 1.29 is 13.2 Å². The van der Waals surface area contributed by atoms with Gasteiger partial charge < -0.3 is 4.90 Å². The highest BCUT2D eigenvalue weighted by molar-refractivity contribution is 7.93. The summed E-state index contributed by atoms with van der Waals surface area (Å²) < 4.78 is 27.1. The quantitative estimate of drug-likeness (QED) is 0.842. The third-order valence-electron chi connectivity index (χ3n) is 5.08. The first-order valence-electron chi connectivity index (χ1n) is 8.34. The van der Waals surface area contributed by atoms with Gasteiger partial charge in [-0.3, -0.25) is 9.10 Å². The van der Waals surface area contributed by atoms with Gasteiger partial charge in [0.1, 0.15) is 6.54 Å². The van der Waals surface area contributed by atoms with E-state index in [9.17, 15) is 13.2 Å². The molecular weight excluding hydrogens is 324 g/mol. The average molecular weight is 344 g/mol. The molecule has 1 amide bonds. The highest BCUT2D eigenvalue weighted by atomic mass is 32.2. The first kappa shape index (κ1) is 15.4. The predicted octanol–water partition coefficient (Wildman–Crippen LogP) is 2.75. The Balaban J connectivity index is 1.72. The smallest absolute Gasteiger partial charge is 0.265 e. The number of sulfonamides is 1. The fourth-order valence-electron chi connectivity index (χ4n) is 3.81. The number of hydrogen-bond acceptors (Lipinski definition) is 3. The van der Waals surface area contributed by atoms with Gasteiger partial charge >= 0.3 is 0 Å². The molecule has 0 radical (unpaired) electrons. The Morgan fingerprint density at radius 2 is 1.92 bits per heavy atom. The molecule has 0 N–H and O–H groups in total. The lowest BCUT2D eigenvalue weighted by Crippen LogP contribution is -2.47. The number of benzene rings is 2. The number of anilines is 1. The van der Waals surface area contributed by atoms with Crippen molar-refractivity contribution in [3.63, 3.8) is 0 Å². The van der Waals surface area contributed by atoms with Crippen molar-refractivity contribution in [1.29, 1.82) is 0 Å². The molecule has 5 nitrogen and oxygen atoms in total. The summed E-state index contributed by atoms with van der Waals surface area (Å²) in [5.74, 6) is -0.115. The van der Waals surface area contributed by atoms with Crippen molar-refractivity contribution >= 4 is 32.4 Å². The van der Waals surface area contributed by atoms with Crippen LogP contribution >= 0.6 is 0 Å². The molecule has 0 bridgehead atoms. The maximum atomic E-state index is 12.9. The van der Waals surface area contributed by atoms with E-state index in [0.29, 0.717) is 17.1 Å². The number of amides is 1. The summed E-state index contributed by atoms with van der Waals surface area (Å²) in [5, 5.41) is 1.61. The molecule has 1 atom stereocenters. The van der Waals surface area contributed by atoms with Gasteiger partial charge in [0.15, 0.2) is 0 Å². The summed E-state index contributed by atoms with van der Waals surface area (Å²) >= 11 is 0. The monoisotopic (exact) mass is 344 g/mol. The first-order chi connectivity index (χ1) is 11.5. The minimum absolute atomic E-state index is 0.115. The second-order valence-corrected chi connectivity index (χ2v) is 8.41. The summed E-state index contributed by atoms with van der Waals surface area (Å²) in [6, 6.07) is 11.0. The van der Waals surface area contributed by atoms with Gasteiger partial charge in [0, 0.05) is 18.0 Å². The maximum Gasteiger partial charge on any atom is 0.265 e. The van der Waals surface area contributed by atoms with E-state index < -0.39 is 10.0 Å². The average Bonchev–Trinajstić information content (AvgIpc) is 2.79. The topological polar surface area (TPSA) is 57.7 Å². The molecule has 0 unspecified atom stereocenters. The number of nitrogens with zero attached hydrogens (tertiary/aromatic N) is 2. The van der Waals surface area contributed by atoms with Crippen LogP contribution in [0.1, 0.15) is 26.2 Å². The Morgan fingerprint density at radius 1 is 1.17 bits per heavy atom. The van der Waals surface area contributed by atoms with Gasteiger partial charge in [0.25, 0.3) is 10.0 Å². The highest BCUT2D eigenvalue weighted by Crippen LogP contribution is 2.41. The minimum Gasteiger partial charge on any atom is -0.338 e. The molecule has 2 aromatic carbocycles. The Bertz CT molecular complexity index is 918. The molecule has 2 aromatic rings. The molecule has 4 rings (SSSR count). The molecule has 1 saturated heterocycles. The zero-order valence-electron chi connectivity index (χ0n) is 13.6. The Labute approximate surface area is 141 Å². The molecule has 0 saturated carbocycles. The maximum absolute atomic E-state index is 12.9. The third kappa shape index (κ3) is 2.20. The lowest BCUT2D eigenvalue weighted by atomic mass is 10.0. The van der Waals surface area contributed by atoms with Crippen LogP contribution in [-0.2, 0) is 14.8 Å². The van der Waals surface area contributed by atoms with Gasteiger partial charge in [-0.25, -0.2) is 8.42 Å². The van der Waals surface area contributed by atoms with Crippen LogP contribution in [0, 0.1) is 0 Å². The van der Waals surface area contributed by atoms with E-state index in [0.717, 1.165) is 30.0 Å². The van der Waals surface area contributed by atoms with Crippen molar-refractivity contribution in [3.05, 3.63) is 36.4 Å². The van der Waals surface area contributed by atoms with Crippen LogP contribution in [0.15, 0.2) is 41.3 Å². The molecule has 1 fully saturated rings. The standard InChI is InChI=1S/C18H20N2O3S/c1-13-6-2-3-11-19(13)17(21)12-20-15-9-4-7-14-8-5-10-16(18(14)15)24(20,22)23/h4-5,7-10,13H,2-3,6,11-12H2,1H3/t13-/m0/s1. The number of likely N-dealkylation sites (tertiary alicyclic amines) is 1. The Kier molecular flexibility index (Phi) is 3.53. The highest BCUT2D eigenvalue weighted by Gasteiger charge is 2.38. The van der Waals surface area contributed by atoms with Gasteiger partial charge in [0.2, 0.25) is 5.91 Å². The van der Waals surface area contributed by atoms with Crippen LogP contribution in [0.2, 0.25) is 0 Å². The molecule has 2 aliphatic heterocycles. The van der Waals surface area contributed by atoms with Crippen LogP contribution < -0.4 is 4.31 Å². The molecule has 2 aliphatic rings. The van der Waals surface area contributed by atoms with Crippen molar-refractivity contribution in [2.45, 2.75) is 37.1 Å². The normalized spacial score (nSPS) is 22.1. The Morgan fingerprint density at radius 3 is 2.67 bits per heavy atom. The van der Waals surface area contributed by atoms with Crippen LogP contribution in [-0.4, -0.2) is 38.4 Å². The summed E-state index contributed by atoms with van der Waals surface area (Å²) in [5.41, 5.74) is 0.612. The molecule has 0 spiro atoms. The third-order valence-corrected chi connectivity index (χ3v) is 6.89. The van der Waals surface area contributed by atoms with Gasteiger partial charge in [-0.05, 0) is 43.7 Å². The fourth-order valence-corrected chi connectivity index (χ4v) is 5.47. The summed E-state index contributed by atoms with van der Waals surface area (Å²) in [4.78, 5) is 14.9. The zero-order valence-corrected chi connectivity index (χ0v) is 14.4. The van der Waals surface area contributed by atoms with Gasteiger partial charge in [-0.2, -0.15) is 0 Å². The number of carbonyl (C=O) groups is 1. The van der Waals surface area contributed by atoms with Gasteiger partial charge in [-0.1, -0.05) is 24.3 Å². The van der Waals surface area contributed by atoms with Crippen molar-refractivity contribution in [3.8, 4) is 0 Å². The van der Waals surface area contributed by atoms with Crippen molar-refractivity contribution in [2.24, 2.45) is 0 Å². The van der Waals surface area contributed by atoms with E-state index in [1.165, 1.54) is 4.31 Å². The SMILES string of the molecule is C[C@H]1CCCCN1C(=O)CN1c2cccc3cccc(c23)S1(=O)=O. The van der Waals surface area contributed by atoms with E-state index in [1.54, 1.807) is 18.2 Å². The van der Waals surface area contributed by atoms with Crippen LogP contribution in [0.25, 0.3) is 10.8 Å². The summed E-state index contributed by atoms with van der Waals surface area (Å²) in [6.07, 6.45) is 3.09. The lowest BCUT2D eigenvalue weighted by Gasteiger charge is -2.34. The number of rotatable bonds is 2. The lowest BCUT2D eigenvalue weighted by molar-refractivity contribution is -0.132. The van der Waals surface area contributed by atoms with E-state index in [-0.39, 0.29) is 18.5 Å². The molecule has 0 aliphatic carbocycles. The number of hydrogen-bond donors (Lipinski definition) is 0. The van der Waals surface area contributed by atoms with Crippen LogP contribution in [0.5, 0.6) is 0 Å². The van der Waals surface area contributed by atoms with Gasteiger partial charge in [-0.15, -0.1) is 0 Å². The first-order valence-corrected chi connectivity index (χ1v) is 9.78. The number of piperidine rings is 1. The second kappa shape index (κ2) is 5.48. The van der Waals surface area contributed by atoms with E-state index in [1.807, 2.05) is 30.0 Å². The summed E-state index contributed by atoms with van der Waals surface area (Å²) in [7, 11) is -3.66. The minimum atomic E-state index is -3.66. The van der Waals surface area contributed by atoms with Crippen molar-refractivity contribution in [1.82, 2.24) is 4.90 Å². The zero-order chi connectivity index (χ0) is 16.9. The van der Waals surface area contributed by atoms with Gasteiger partial charge in [0.05, 0.1) is 10.6 Å². The Hall–Kier alpha value is -2.08. The van der Waals surface area contributed by atoms with Crippen molar-refractivity contribution in [2.75, 3.05) is 17.4 Å². The van der Waals surface area contributed by atoms with E-state index >= 15 is 0 Å². The van der Waals surface area contributed by atoms with Crippen LogP contribution in [0.3, 0.4) is 0 Å². The molecule has 24 heavy (non-hydrogen) atoms. The fraction of sp³-hybridized carbons (Fsp3) is 0.389. The van der Waals surface area contributed by atoms with E-state index in [2.05, 4.69) is 0 Å². The summed E-state index contributed by atoms with van der Waals surface area (Å²) in [6.45, 7) is 2.62. The molecule has 6 heteroatoms. The predicted molar refractivity (Wildman–Crippen MR) is 93.5 cm³/mol.